The second-order valence-corrected chi connectivity index (χ2v) is 6.01. The van der Waals surface area contributed by atoms with Crippen LogP contribution in [0.2, 0.25) is 10.0 Å². The van der Waals surface area contributed by atoms with Gasteiger partial charge in [-0.3, -0.25) is 14.9 Å². The van der Waals surface area contributed by atoms with Crippen LogP contribution in [0.3, 0.4) is 0 Å². The Morgan fingerprint density at radius 2 is 2.00 bits per heavy atom. The van der Waals surface area contributed by atoms with Gasteiger partial charge in [0.2, 0.25) is 0 Å². The zero-order valence-corrected chi connectivity index (χ0v) is 13.6. The van der Waals surface area contributed by atoms with Gasteiger partial charge >= 0.3 is 5.97 Å². The maximum absolute atomic E-state index is 11.8. The van der Waals surface area contributed by atoms with Gasteiger partial charge in [0, 0.05) is 11.6 Å². The molecule has 0 aliphatic heterocycles. The lowest BCUT2D eigenvalue weighted by molar-refractivity contribution is -0.385. The van der Waals surface area contributed by atoms with Gasteiger partial charge in [0.05, 0.1) is 27.0 Å². The van der Waals surface area contributed by atoms with E-state index < -0.39 is 10.3 Å². The number of carbonyl (C=O) groups is 1. The van der Waals surface area contributed by atoms with Gasteiger partial charge in [-0.25, -0.2) is 0 Å². The summed E-state index contributed by atoms with van der Waals surface area (Å²) in [6.45, 7) is 5.48. The fraction of sp³-hybridized carbons (Fsp3) is 0.500. The van der Waals surface area contributed by atoms with Gasteiger partial charge in [-0.1, -0.05) is 23.2 Å². The summed E-state index contributed by atoms with van der Waals surface area (Å²) in [6, 6.07) is 2.71. The Kier molecular flexibility index (Phi) is 5.98. The normalized spacial score (nSPS) is 11.3. The molecule has 5 nitrogen and oxygen atoms in total. The number of hydrogen-bond acceptors (Lipinski definition) is 4. The number of ether oxygens (including phenoxy) is 1. The second kappa shape index (κ2) is 7.09. The highest BCUT2D eigenvalue weighted by Gasteiger charge is 2.30. The third kappa shape index (κ3) is 4.32. The van der Waals surface area contributed by atoms with Crippen LogP contribution < -0.4 is 0 Å². The molecule has 0 aromatic heterocycles. The van der Waals surface area contributed by atoms with Crippen LogP contribution in [0.25, 0.3) is 0 Å². The monoisotopic (exact) mass is 333 g/mol. The van der Waals surface area contributed by atoms with Crippen molar-refractivity contribution in [3.8, 4) is 0 Å². The highest BCUT2D eigenvalue weighted by Crippen LogP contribution is 2.36. The standard InChI is InChI=1S/C14H17Cl2NO4/c1-4-21-13(18)14(2,3)8-7-9-11(17(19)20)6-5-10(15)12(9)16/h5-6H,4,7-8H2,1-3H3. The van der Waals surface area contributed by atoms with E-state index in [1.807, 2.05) is 0 Å². The first-order chi connectivity index (χ1) is 9.70. The highest BCUT2D eigenvalue weighted by atomic mass is 35.5. The molecule has 0 aliphatic carbocycles. The van der Waals surface area contributed by atoms with Crippen LogP contribution in [0, 0.1) is 15.5 Å². The minimum absolute atomic E-state index is 0.0935. The van der Waals surface area contributed by atoms with E-state index >= 15 is 0 Å². The average molecular weight is 334 g/mol. The van der Waals surface area contributed by atoms with Gasteiger partial charge in [0.15, 0.2) is 0 Å². The van der Waals surface area contributed by atoms with Gasteiger partial charge in [-0.15, -0.1) is 0 Å². The van der Waals surface area contributed by atoms with Crippen molar-refractivity contribution in [3.05, 3.63) is 37.9 Å². The van der Waals surface area contributed by atoms with Crippen LogP contribution in [-0.2, 0) is 16.0 Å². The molecule has 0 amide bonds. The van der Waals surface area contributed by atoms with Gasteiger partial charge in [-0.2, -0.15) is 0 Å². The quantitative estimate of drug-likeness (QED) is 0.438. The molecule has 0 saturated carbocycles. The maximum Gasteiger partial charge on any atom is 0.311 e. The molecule has 0 atom stereocenters. The van der Waals surface area contributed by atoms with E-state index in [9.17, 15) is 14.9 Å². The third-order valence-corrected chi connectivity index (χ3v) is 4.04. The maximum atomic E-state index is 11.8. The van der Waals surface area contributed by atoms with E-state index in [2.05, 4.69) is 0 Å². The molecule has 1 rings (SSSR count). The number of esters is 1. The van der Waals surface area contributed by atoms with Crippen LogP contribution >= 0.6 is 23.2 Å². The molecule has 1 aromatic carbocycles. The van der Waals surface area contributed by atoms with Crippen molar-refractivity contribution in [2.45, 2.75) is 33.6 Å². The Hall–Kier alpha value is -1.33. The SMILES string of the molecule is CCOC(=O)C(C)(C)CCc1c([N+](=O)[O-])ccc(Cl)c1Cl. The summed E-state index contributed by atoms with van der Waals surface area (Å²) < 4.78 is 4.99. The minimum atomic E-state index is -0.754. The van der Waals surface area contributed by atoms with E-state index in [0.717, 1.165) is 0 Å². The number of nitro benzene ring substituents is 1. The number of halogens is 2. The van der Waals surface area contributed by atoms with E-state index in [0.29, 0.717) is 18.6 Å². The molecule has 0 fully saturated rings. The number of benzene rings is 1. The molecule has 0 saturated heterocycles. The second-order valence-electron chi connectivity index (χ2n) is 5.22. The van der Waals surface area contributed by atoms with E-state index in [4.69, 9.17) is 27.9 Å². The van der Waals surface area contributed by atoms with Gasteiger partial charge in [0.1, 0.15) is 0 Å². The molecule has 21 heavy (non-hydrogen) atoms. The smallest absolute Gasteiger partial charge is 0.311 e. The Balaban J connectivity index is 3.00. The Bertz CT molecular complexity index is 558. The van der Waals surface area contributed by atoms with Crippen LogP contribution in [0.15, 0.2) is 12.1 Å². The summed E-state index contributed by atoms with van der Waals surface area (Å²) in [7, 11) is 0. The van der Waals surface area contributed by atoms with Crippen molar-refractivity contribution in [2.24, 2.45) is 5.41 Å². The largest absolute Gasteiger partial charge is 0.466 e. The van der Waals surface area contributed by atoms with Crippen molar-refractivity contribution in [3.63, 3.8) is 0 Å². The number of carbonyl (C=O) groups excluding carboxylic acids is 1. The van der Waals surface area contributed by atoms with E-state index in [1.165, 1.54) is 12.1 Å². The lowest BCUT2D eigenvalue weighted by Gasteiger charge is -2.22. The average Bonchev–Trinajstić information content (AvgIpc) is 2.40. The van der Waals surface area contributed by atoms with E-state index in [-0.39, 0.29) is 28.1 Å². The molecular weight excluding hydrogens is 317 g/mol. The van der Waals surface area contributed by atoms with Crippen molar-refractivity contribution < 1.29 is 14.5 Å². The number of rotatable bonds is 6. The van der Waals surface area contributed by atoms with Crippen molar-refractivity contribution in [1.82, 2.24) is 0 Å². The van der Waals surface area contributed by atoms with Crippen molar-refractivity contribution in [2.75, 3.05) is 6.61 Å². The van der Waals surface area contributed by atoms with Gasteiger partial charge < -0.3 is 4.74 Å². The zero-order valence-electron chi connectivity index (χ0n) is 12.1. The molecule has 0 N–H and O–H groups in total. The molecule has 0 bridgehead atoms. The predicted molar refractivity (Wildman–Crippen MR) is 81.9 cm³/mol. The summed E-state index contributed by atoms with van der Waals surface area (Å²) >= 11 is 12.0. The van der Waals surface area contributed by atoms with Crippen molar-refractivity contribution in [1.29, 1.82) is 0 Å². The summed E-state index contributed by atoms with van der Waals surface area (Å²) in [5, 5.41) is 11.5. The zero-order chi connectivity index (χ0) is 16.2. The van der Waals surface area contributed by atoms with Crippen LogP contribution in [0.5, 0.6) is 0 Å². The molecule has 0 radical (unpaired) electrons. The van der Waals surface area contributed by atoms with Crippen molar-refractivity contribution >= 4 is 34.9 Å². The first kappa shape index (κ1) is 17.7. The summed E-state index contributed by atoms with van der Waals surface area (Å²) in [5.41, 5.74) is -0.509. The van der Waals surface area contributed by atoms with E-state index in [1.54, 1.807) is 20.8 Å². The highest BCUT2D eigenvalue weighted by molar-refractivity contribution is 6.42. The Morgan fingerprint density at radius 1 is 1.38 bits per heavy atom. The fourth-order valence-corrected chi connectivity index (χ4v) is 2.29. The third-order valence-electron chi connectivity index (χ3n) is 3.20. The molecule has 7 heteroatoms. The Morgan fingerprint density at radius 3 is 2.52 bits per heavy atom. The van der Waals surface area contributed by atoms with Crippen LogP contribution in [0.4, 0.5) is 5.69 Å². The fourth-order valence-electron chi connectivity index (χ4n) is 1.86. The summed E-state index contributed by atoms with van der Waals surface area (Å²) in [5.74, 6) is -0.342. The summed E-state index contributed by atoms with van der Waals surface area (Å²) in [6.07, 6.45) is 0.633. The molecule has 0 heterocycles. The number of hydrogen-bond donors (Lipinski definition) is 0. The molecule has 0 aliphatic rings. The predicted octanol–water partition coefficient (Wildman–Crippen LogP) is 4.42. The van der Waals surface area contributed by atoms with Gasteiger partial charge in [0.25, 0.3) is 5.69 Å². The molecule has 0 unspecified atom stereocenters. The molecule has 1 aromatic rings. The van der Waals surface area contributed by atoms with Crippen LogP contribution in [0.1, 0.15) is 32.8 Å². The molecule has 116 valence electrons. The van der Waals surface area contributed by atoms with Gasteiger partial charge in [-0.05, 0) is 39.7 Å². The molecular formula is C14H17Cl2NO4. The Labute approximate surface area is 133 Å². The molecule has 0 spiro atoms. The first-order valence-electron chi connectivity index (χ1n) is 6.49. The first-order valence-corrected chi connectivity index (χ1v) is 7.24. The van der Waals surface area contributed by atoms with Crippen LogP contribution in [-0.4, -0.2) is 17.5 Å². The number of nitro groups is 1. The lowest BCUT2D eigenvalue weighted by Crippen LogP contribution is -2.27. The lowest BCUT2D eigenvalue weighted by atomic mass is 9.86. The minimum Gasteiger partial charge on any atom is -0.466 e. The number of nitrogens with zero attached hydrogens (tertiary/aromatic N) is 1. The topological polar surface area (TPSA) is 69.4 Å². The summed E-state index contributed by atoms with van der Waals surface area (Å²) in [4.78, 5) is 22.4.